The van der Waals surface area contributed by atoms with Crippen molar-refractivity contribution >= 4 is 29.0 Å². The third-order valence-electron chi connectivity index (χ3n) is 6.86. The Labute approximate surface area is 221 Å². The minimum atomic E-state index is -1.84. The van der Waals surface area contributed by atoms with Crippen molar-refractivity contribution in [2.45, 2.75) is 39.5 Å². The highest BCUT2D eigenvalue weighted by atomic mass is 31.2. The number of ketones is 1. The van der Waals surface area contributed by atoms with Gasteiger partial charge in [-0.25, -0.2) is 0 Å². The number of hydrogen-bond donors (Lipinski definition) is 1. The fourth-order valence-corrected chi connectivity index (χ4v) is 9.45. The van der Waals surface area contributed by atoms with E-state index in [1.165, 1.54) is 22.8 Å². The number of hydrogen-bond acceptors (Lipinski definition) is 3. The predicted octanol–water partition coefficient (Wildman–Crippen LogP) is 6.70. The van der Waals surface area contributed by atoms with Crippen molar-refractivity contribution in [1.82, 2.24) is 0 Å². The quantitative estimate of drug-likeness (QED) is 0.131. The SMILES string of the molecule is CCCc1c(OCCCC[P+](c2ccccc2)(c2ccccc2)c2ccccc2)ccc(C(C)=O)c1O. The molecule has 4 rings (SSSR count). The lowest BCUT2D eigenvalue weighted by atomic mass is 10.0. The van der Waals surface area contributed by atoms with E-state index in [0.29, 0.717) is 24.3 Å². The number of benzene rings is 4. The molecule has 4 aromatic carbocycles. The van der Waals surface area contributed by atoms with Gasteiger partial charge >= 0.3 is 0 Å². The maximum absolute atomic E-state index is 11.9. The summed E-state index contributed by atoms with van der Waals surface area (Å²) in [6.45, 7) is 4.10. The molecular weight excluding hydrogens is 475 g/mol. The number of carbonyl (C=O) groups excluding carboxylic acids is 1. The summed E-state index contributed by atoms with van der Waals surface area (Å²) in [4.78, 5) is 11.9. The van der Waals surface area contributed by atoms with Crippen molar-refractivity contribution in [3.8, 4) is 11.5 Å². The van der Waals surface area contributed by atoms with E-state index in [1.54, 1.807) is 6.07 Å². The molecule has 1 N–H and O–H groups in total. The highest BCUT2D eigenvalue weighted by Gasteiger charge is 2.44. The van der Waals surface area contributed by atoms with E-state index >= 15 is 0 Å². The predicted molar refractivity (Wildman–Crippen MR) is 157 cm³/mol. The number of rotatable bonds is 12. The summed E-state index contributed by atoms with van der Waals surface area (Å²) < 4.78 is 6.18. The normalized spacial score (nSPS) is 11.3. The van der Waals surface area contributed by atoms with Gasteiger partial charge < -0.3 is 9.84 Å². The molecule has 4 heteroatoms. The minimum absolute atomic E-state index is 0.0639. The first-order valence-electron chi connectivity index (χ1n) is 13.1. The first-order valence-corrected chi connectivity index (χ1v) is 15.1. The second-order valence-electron chi connectivity index (χ2n) is 9.34. The number of carbonyl (C=O) groups is 1. The first-order chi connectivity index (χ1) is 18.1. The van der Waals surface area contributed by atoms with Crippen molar-refractivity contribution in [1.29, 1.82) is 0 Å². The van der Waals surface area contributed by atoms with Gasteiger partial charge in [0.1, 0.15) is 34.7 Å². The van der Waals surface area contributed by atoms with Gasteiger partial charge in [0, 0.05) is 5.56 Å². The second kappa shape index (κ2) is 12.7. The van der Waals surface area contributed by atoms with E-state index in [-0.39, 0.29) is 11.5 Å². The highest BCUT2D eigenvalue weighted by molar-refractivity contribution is 7.95. The highest BCUT2D eigenvalue weighted by Crippen LogP contribution is 2.55. The number of phenolic OH excluding ortho intramolecular Hbond substituents is 1. The molecule has 0 bridgehead atoms. The van der Waals surface area contributed by atoms with Crippen LogP contribution in [0.25, 0.3) is 0 Å². The average molecular weight is 512 g/mol. The van der Waals surface area contributed by atoms with Crippen molar-refractivity contribution in [2.24, 2.45) is 0 Å². The van der Waals surface area contributed by atoms with Gasteiger partial charge in [-0.3, -0.25) is 4.79 Å². The fourth-order valence-electron chi connectivity index (χ4n) is 5.04. The third kappa shape index (κ3) is 5.95. The Hall–Kier alpha value is -3.42. The van der Waals surface area contributed by atoms with E-state index in [1.807, 2.05) is 6.07 Å². The third-order valence-corrected chi connectivity index (χ3v) is 11.4. The number of Topliss-reactive ketones (excluding diaryl/α,β-unsaturated/α-hetero) is 1. The molecule has 0 saturated heterocycles. The second-order valence-corrected chi connectivity index (χ2v) is 13.0. The summed E-state index contributed by atoms with van der Waals surface area (Å²) in [5.74, 6) is 0.609. The van der Waals surface area contributed by atoms with E-state index < -0.39 is 7.26 Å². The first kappa shape index (κ1) is 26.6. The number of phenols is 1. The lowest BCUT2D eigenvalue weighted by Crippen LogP contribution is -2.33. The molecule has 0 amide bonds. The van der Waals surface area contributed by atoms with Crippen LogP contribution in [-0.2, 0) is 6.42 Å². The molecule has 190 valence electrons. The van der Waals surface area contributed by atoms with Gasteiger partial charge in [-0.05, 0) is 74.7 Å². The number of unbranched alkanes of at least 4 members (excludes halogenated alkanes) is 1. The Kier molecular flexibility index (Phi) is 9.14. The zero-order valence-electron chi connectivity index (χ0n) is 21.8. The molecule has 0 radical (unpaired) electrons. The zero-order valence-corrected chi connectivity index (χ0v) is 22.7. The van der Waals surface area contributed by atoms with Gasteiger partial charge in [0.25, 0.3) is 0 Å². The molecule has 3 nitrogen and oxygen atoms in total. The molecule has 0 aliphatic carbocycles. The van der Waals surface area contributed by atoms with Crippen molar-refractivity contribution < 1.29 is 14.6 Å². The van der Waals surface area contributed by atoms with E-state index in [4.69, 9.17) is 4.74 Å². The van der Waals surface area contributed by atoms with Gasteiger partial charge in [0.05, 0.1) is 18.3 Å². The maximum atomic E-state index is 11.9. The van der Waals surface area contributed by atoms with Crippen molar-refractivity contribution in [3.63, 3.8) is 0 Å². The Morgan fingerprint density at radius 3 is 1.73 bits per heavy atom. The van der Waals surface area contributed by atoms with Crippen LogP contribution in [0.3, 0.4) is 0 Å². The maximum Gasteiger partial charge on any atom is 0.163 e. The monoisotopic (exact) mass is 511 g/mol. The molecule has 0 unspecified atom stereocenters. The summed E-state index contributed by atoms with van der Waals surface area (Å²) in [6.07, 6.45) is 4.49. The lowest BCUT2D eigenvalue weighted by molar-refractivity contribution is 0.101. The van der Waals surface area contributed by atoms with Crippen LogP contribution in [0.4, 0.5) is 0 Å². The molecule has 0 fully saturated rings. The summed E-state index contributed by atoms with van der Waals surface area (Å²) in [5, 5.41) is 14.8. The van der Waals surface area contributed by atoms with Crippen LogP contribution in [0.2, 0.25) is 0 Å². The Bertz CT molecular complexity index is 1190. The zero-order chi connectivity index (χ0) is 26.1. The summed E-state index contributed by atoms with van der Waals surface area (Å²) >= 11 is 0. The summed E-state index contributed by atoms with van der Waals surface area (Å²) in [6, 6.07) is 36.3. The van der Waals surface area contributed by atoms with Crippen LogP contribution in [0, 0.1) is 0 Å². The van der Waals surface area contributed by atoms with E-state index in [9.17, 15) is 9.90 Å². The Morgan fingerprint density at radius 1 is 0.757 bits per heavy atom. The van der Waals surface area contributed by atoms with Crippen molar-refractivity contribution in [3.05, 3.63) is 114 Å². The number of aromatic hydroxyl groups is 1. The van der Waals surface area contributed by atoms with Crippen LogP contribution in [0.5, 0.6) is 11.5 Å². The number of ether oxygens (including phenoxy) is 1. The molecular formula is C33H36O3P+. The molecule has 0 aliphatic rings. The minimum Gasteiger partial charge on any atom is -0.507 e. The topological polar surface area (TPSA) is 46.5 Å². The smallest absolute Gasteiger partial charge is 0.163 e. The van der Waals surface area contributed by atoms with Crippen LogP contribution in [-0.4, -0.2) is 23.7 Å². The van der Waals surface area contributed by atoms with E-state index in [2.05, 4.69) is 97.9 Å². The average Bonchev–Trinajstić information content (AvgIpc) is 2.94. The largest absolute Gasteiger partial charge is 0.507 e. The van der Waals surface area contributed by atoms with Gasteiger partial charge in [-0.15, -0.1) is 0 Å². The molecule has 0 atom stereocenters. The van der Waals surface area contributed by atoms with Gasteiger partial charge in [0.15, 0.2) is 5.78 Å². The van der Waals surface area contributed by atoms with Gasteiger partial charge in [-0.1, -0.05) is 67.9 Å². The van der Waals surface area contributed by atoms with Crippen LogP contribution >= 0.6 is 7.26 Å². The van der Waals surface area contributed by atoms with Gasteiger partial charge in [0.2, 0.25) is 0 Å². The Morgan fingerprint density at radius 2 is 1.27 bits per heavy atom. The van der Waals surface area contributed by atoms with E-state index in [0.717, 1.165) is 31.0 Å². The molecule has 0 heterocycles. The molecule has 0 spiro atoms. The molecule has 0 aromatic heterocycles. The summed E-state index contributed by atoms with van der Waals surface area (Å²) in [7, 11) is -1.84. The molecule has 0 saturated carbocycles. The fraction of sp³-hybridized carbons (Fsp3) is 0.242. The lowest BCUT2D eigenvalue weighted by Gasteiger charge is -2.27. The van der Waals surface area contributed by atoms with Crippen LogP contribution < -0.4 is 20.7 Å². The Balaban J connectivity index is 1.56. The molecule has 4 aromatic rings. The molecule has 37 heavy (non-hydrogen) atoms. The molecule has 0 aliphatic heterocycles. The summed E-state index contributed by atoms with van der Waals surface area (Å²) in [5.41, 5.74) is 1.09. The van der Waals surface area contributed by atoms with Crippen LogP contribution in [0.1, 0.15) is 49.0 Å². The van der Waals surface area contributed by atoms with Gasteiger partial charge in [-0.2, -0.15) is 0 Å². The van der Waals surface area contributed by atoms with Crippen LogP contribution in [0.15, 0.2) is 103 Å². The standard InChI is InChI=1S/C33H35O3P/c1-3-15-31-32(23-22-30(26(2)34)33(31)35)36-24-13-14-25-37(27-16-7-4-8-17-27,28-18-9-5-10-19-28)29-20-11-6-12-21-29/h4-12,16-23H,3,13-15,24-25H2,1-2H3/p+1. The van der Waals surface area contributed by atoms with Crippen molar-refractivity contribution in [2.75, 3.05) is 12.8 Å².